The fraction of sp³-hybridized carbons (Fsp3) is 0.556. The lowest BCUT2D eigenvalue weighted by Gasteiger charge is -2.35. The molecular formula is C18H20BrF4N3O2. The van der Waals surface area contributed by atoms with Gasteiger partial charge in [-0.1, -0.05) is 15.9 Å². The first kappa shape index (κ1) is 20.9. The average molecular weight is 466 g/mol. The Kier molecular flexibility index (Phi) is 5.37. The van der Waals surface area contributed by atoms with Crippen LogP contribution in [0.3, 0.4) is 0 Å². The number of ether oxygens (including phenoxy) is 1. The van der Waals surface area contributed by atoms with E-state index in [1.165, 1.54) is 21.8 Å². The van der Waals surface area contributed by atoms with Crippen molar-refractivity contribution in [3.8, 4) is 0 Å². The van der Waals surface area contributed by atoms with Gasteiger partial charge in [-0.05, 0) is 39.3 Å². The van der Waals surface area contributed by atoms with Crippen LogP contribution in [0.25, 0.3) is 10.9 Å². The molecule has 1 aliphatic heterocycles. The van der Waals surface area contributed by atoms with Gasteiger partial charge in [0.05, 0.1) is 18.2 Å². The Hall–Kier alpha value is -1.84. The third kappa shape index (κ3) is 4.42. The summed E-state index contributed by atoms with van der Waals surface area (Å²) in [7, 11) is 0. The molecule has 0 unspecified atom stereocenters. The van der Waals surface area contributed by atoms with E-state index in [-0.39, 0.29) is 34.9 Å². The predicted molar refractivity (Wildman–Crippen MR) is 98.8 cm³/mol. The molecule has 0 spiro atoms. The Morgan fingerprint density at radius 3 is 2.54 bits per heavy atom. The van der Waals surface area contributed by atoms with Crippen molar-refractivity contribution in [2.75, 3.05) is 13.1 Å². The molecule has 2 atom stereocenters. The van der Waals surface area contributed by atoms with Gasteiger partial charge in [-0.2, -0.15) is 18.3 Å². The number of carbonyl (C=O) groups excluding carboxylic acids is 1. The van der Waals surface area contributed by atoms with Crippen LogP contribution in [-0.4, -0.2) is 45.6 Å². The minimum Gasteiger partial charge on any atom is -0.444 e. The van der Waals surface area contributed by atoms with Gasteiger partial charge in [0.25, 0.3) is 0 Å². The smallest absolute Gasteiger partial charge is 0.418 e. The standard InChI is InChI=1S/C18H20BrF4N3O2/c1-17(2,3)28-16(27)25-5-4-14(13(20)9-25)26-8-10-6-11(19)7-12(15(10)24-26)18(21,22)23/h6-8,13-14H,4-5,9H2,1-3H3/t13-,14-/m0/s1. The summed E-state index contributed by atoms with van der Waals surface area (Å²) in [6.07, 6.45) is -5.03. The molecule has 154 valence electrons. The maximum Gasteiger partial charge on any atom is 0.418 e. The van der Waals surface area contributed by atoms with Crippen molar-refractivity contribution < 1.29 is 27.1 Å². The highest BCUT2D eigenvalue weighted by Gasteiger charge is 2.37. The Morgan fingerprint density at radius 1 is 1.29 bits per heavy atom. The highest BCUT2D eigenvalue weighted by atomic mass is 79.9. The Morgan fingerprint density at radius 2 is 1.96 bits per heavy atom. The number of alkyl halides is 4. The minimum absolute atomic E-state index is 0.203. The van der Waals surface area contributed by atoms with Gasteiger partial charge in [0, 0.05) is 22.6 Å². The Bertz CT molecular complexity index is 891. The largest absolute Gasteiger partial charge is 0.444 e. The summed E-state index contributed by atoms with van der Waals surface area (Å²) in [5.74, 6) is 0. The zero-order valence-electron chi connectivity index (χ0n) is 15.6. The summed E-state index contributed by atoms with van der Waals surface area (Å²) >= 11 is 3.07. The van der Waals surface area contributed by atoms with Gasteiger partial charge in [-0.25, -0.2) is 9.18 Å². The third-order valence-corrected chi connectivity index (χ3v) is 4.85. The van der Waals surface area contributed by atoms with E-state index in [9.17, 15) is 22.4 Å². The third-order valence-electron chi connectivity index (χ3n) is 4.39. The molecule has 3 rings (SSSR count). The van der Waals surface area contributed by atoms with E-state index >= 15 is 0 Å². The van der Waals surface area contributed by atoms with Crippen LogP contribution in [-0.2, 0) is 10.9 Å². The lowest BCUT2D eigenvalue weighted by atomic mass is 10.0. The summed E-state index contributed by atoms with van der Waals surface area (Å²) in [6.45, 7) is 5.18. The van der Waals surface area contributed by atoms with Gasteiger partial charge in [0.15, 0.2) is 0 Å². The van der Waals surface area contributed by atoms with E-state index in [0.29, 0.717) is 0 Å². The van der Waals surface area contributed by atoms with E-state index in [0.717, 1.165) is 6.07 Å². The number of piperidine rings is 1. The second-order valence-corrected chi connectivity index (χ2v) is 8.71. The van der Waals surface area contributed by atoms with Crippen molar-refractivity contribution in [1.29, 1.82) is 0 Å². The molecule has 1 aromatic carbocycles. The number of carbonyl (C=O) groups is 1. The van der Waals surface area contributed by atoms with Crippen LogP contribution < -0.4 is 0 Å². The molecule has 2 heterocycles. The van der Waals surface area contributed by atoms with Crippen LogP contribution in [0.4, 0.5) is 22.4 Å². The highest BCUT2D eigenvalue weighted by Crippen LogP contribution is 2.37. The van der Waals surface area contributed by atoms with Crippen molar-refractivity contribution in [2.45, 2.75) is 51.2 Å². The van der Waals surface area contributed by atoms with Crippen LogP contribution in [0, 0.1) is 0 Å². The highest BCUT2D eigenvalue weighted by molar-refractivity contribution is 9.10. The van der Waals surface area contributed by atoms with Crippen molar-refractivity contribution in [2.24, 2.45) is 0 Å². The molecule has 1 aromatic heterocycles. The minimum atomic E-state index is -4.57. The van der Waals surface area contributed by atoms with Crippen LogP contribution in [0.2, 0.25) is 0 Å². The lowest BCUT2D eigenvalue weighted by molar-refractivity contribution is -0.136. The van der Waals surface area contributed by atoms with Gasteiger partial charge in [-0.3, -0.25) is 4.68 Å². The molecule has 0 bridgehead atoms. The van der Waals surface area contributed by atoms with Crippen LogP contribution in [0.1, 0.15) is 38.8 Å². The Balaban J connectivity index is 1.83. The van der Waals surface area contributed by atoms with Crippen LogP contribution in [0.5, 0.6) is 0 Å². The maximum atomic E-state index is 14.8. The van der Waals surface area contributed by atoms with Gasteiger partial charge in [0.2, 0.25) is 0 Å². The summed E-state index contributed by atoms with van der Waals surface area (Å²) in [5, 5.41) is 4.29. The molecular weight excluding hydrogens is 446 g/mol. The van der Waals surface area contributed by atoms with Gasteiger partial charge in [-0.15, -0.1) is 0 Å². The van der Waals surface area contributed by atoms with Gasteiger partial charge in [0.1, 0.15) is 17.3 Å². The number of amides is 1. The van der Waals surface area contributed by atoms with E-state index < -0.39 is 35.6 Å². The first-order valence-corrected chi connectivity index (χ1v) is 9.52. The zero-order chi connectivity index (χ0) is 20.9. The quantitative estimate of drug-likeness (QED) is 0.534. The summed E-state index contributed by atoms with van der Waals surface area (Å²) in [5.41, 5.74) is -1.80. The van der Waals surface area contributed by atoms with Crippen molar-refractivity contribution in [1.82, 2.24) is 14.7 Å². The second-order valence-electron chi connectivity index (χ2n) is 7.80. The number of likely N-dealkylation sites (tertiary alicyclic amines) is 1. The molecule has 0 saturated carbocycles. The average Bonchev–Trinajstić information content (AvgIpc) is 2.94. The van der Waals surface area contributed by atoms with Crippen molar-refractivity contribution in [3.05, 3.63) is 28.4 Å². The SMILES string of the molecule is CC(C)(C)OC(=O)N1CC[C@H](n2cc3cc(Br)cc(C(F)(F)F)c3n2)[C@@H](F)C1. The molecule has 2 aromatic rings. The fourth-order valence-electron chi connectivity index (χ4n) is 3.19. The molecule has 5 nitrogen and oxygen atoms in total. The molecule has 1 saturated heterocycles. The Labute approximate surface area is 167 Å². The summed E-state index contributed by atoms with van der Waals surface area (Å²) in [6, 6.07) is 1.71. The first-order chi connectivity index (χ1) is 12.8. The number of hydrogen-bond donors (Lipinski definition) is 0. The molecule has 10 heteroatoms. The summed E-state index contributed by atoms with van der Waals surface area (Å²) < 4.78 is 61.4. The number of aromatic nitrogens is 2. The van der Waals surface area contributed by atoms with Crippen molar-refractivity contribution >= 4 is 32.9 Å². The number of nitrogens with zero attached hydrogens (tertiary/aromatic N) is 3. The second kappa shape index (κ2) is 7.20. The predicted octanol–water partition coefficient (Wildman–Crippen LogP) is 5.34. The molecule has 1 fully saturated rings. The monoisotopic (exact) mass is 465 g/mol. The molecule has 0 N–H and O–H groups in total. The molecule has 0 aliphatic carbocycles. The lowest BCUT2D eigenvalue weighted by Crippen LogP contribution is -2.47. The van der Waals surface area contributed by atoms with E-state index in [2.05, 4.69) is 21.0 Å². The van der Waals surface area contributed by atoms with Gasteiger partial charge >= 0.3 is 12.3 Å². The number of hydrogen-bond acceptors (Lipinski definition) is 3. The van der Waals surface area contributed by atoms with Crippen LogP contribution >= 0.6 is 15.9 Å². The van der Waals surface area contributed by atoms with E-state index in [1.807, 2.05) is 0 Å². The molecule has 0 radical (unpaired) electrons. The zero-order valence-corrected chi connectivity index (χ0v) is 17.1. The molecule has 1 aliphatic rings. The number of benzene rings is 1. The van der Waals surface area contributed by atoms with Crippen LogP contribution in [0.15, 0.2) is 22.8 Å². The fourth-order valence-corrected chi connectivity index (χ4v) is 3.66. The summed E-state index contributed by atoms with van der Waals surface area (Å²) in [4.78, 5) is 13.4. The number of fused-ring (bicyclic) bond motifs is 1. The normalized spacial score (nSPS) is 21.2. The molecule has 1 amide bonds. The maximum absolute atomic E-state index is 14.8. The molecule has 28 heavy (non-hydrogen) atoms. The van der Waals surface area contributed by atoms with E-state index in [4.69, 9.17) is 4.74 Å². The topological polar surface area (TPSA) is 47.4 Å². The number of halogens is 5. The first-order valence-electron chi connectivity index (χ1n) is 8.73. The van der Waals surface area contributed by atoms with Gasteiger partial charge < -0.3 is 9.64 Å². The van der Waals surface area contributed by atoms with Crippen molar-refractivity contribution in [3.63, 3.8) is 0 Å². The van der Waals surface area contributed by atoms with E-state index in [1.54, 1.807) is 20.8 Å². The number of rotatable bonds is 1.